The number of hydrogen-bond acceptors (Lipinski definition) is 4. The predicted molar refractivity (Wildman–Crippen MR) is 99.1 cm³/mol. The Bertz CT molecular complexity index is 652. The number of hydrogen-bond donors (Lipinski definition) is 2. The van der Waals surface area contributed by atoms with E-state index in [0.717, 1.165) is 21.1 Å². The summed E-state index contributed by atoms with van der Waals surface area (Å²) in [7, 11) is 0. The number of nitrogens with zero attached hydrogens (tertiary/aromatic N) is 1. The Hall–Kier alpha value is -1.43. The van der Waals surface area contributed by atoms with Crippen LogP contribution < -0.4 is 11.1 Å². The van der Waals surface area contributed by atoms with E-state index in [1.165, 1.54) is 5.56 Å². The van der Waals surface area contributed by atoms with Gasteiger partial charge in [-0.1, -0.05) is 29.8 Å². The highest BCUT2D eigenvalue weighted by atomic mass is 35.5. The second-order valence-corrected chi connectivity index (χ2v) is 6.84. The number of nitrogens with two attached hydrogens (primary N) is 1. The Balaban J connectivity index is 0.00000264. The van der Waals surface area contributed by atoms with Crippen LogP contribution in [0.2, 0.25) is 0 Å². The Labute approximate surface area is 147 Å². The first-order valence-corrected chi connectivity index (χ1v) is 8.27. The van der Waals surface area contributed by atoms with Crippen LogP contribution in [0.4, 0.5) is 0 Å². The van der Waals surface area contributed by atoms with Gasteiger partial charge in [-0.05, 0) is 27.7 Å². The molecule has 1 amide bonds. The van der Waals surface area contributed by atoms with Crippen molar-refractivity contribution >= 4 is 29.7 Å². The van der Waals surface area contributed by atoms with Gasteiger partial charge in [0.1, 0.15) is 5.01 Å². The van der Waals surface area contributed by atoms with E-state index in [2.05, 4.69) is 41.5 Å². The molecule has 2 atom stereocenters. The fourth-order valence-electron chi connectivity index (χ4n) is 2.29. The van der Waals surface area contributed by atoms with E-state index in [4.69, 9.17) is 5.73 Å². The van der Waals surface area contributed by atoms with Crippen molar-refractivity contribution < 1.29 is 4.79 Å². The van der Waals surface area contributed by atoms with Crippen LogP contribution in [0.5, 0.6) is 0 Å². The summed E-state index contributed by atoms with van der Waals surface area (Å²) < 4.78 is 0. The maximum Gasteiger partial charge on any atom is 0.222 e. The van der Waals surface area contributed by atoms with Gasteiger partial charge in [0.05, 0.1) is 16.6 Å². The first-order valence-electron chi connectivity index (χ1n) is 7.46. The van der Waals surface area contributed by atoms with E-state index in [1.807, 2.05) is 20.8 Å². The molecule has 23 heavy (non-hydrogen) atoms. The maximum absolute atomic E-state index is 11.9. The zero-order valence-corrected chi connectivity index (χ0v) is 15.6. The highest BCUT2D eigenvalue weighted by Crippen LogP contribution is 2.31. The van der Waals surface area contributed by atoms with Gasteiger partial charge in [0.2, 0.25) is 5.91 Å². The van der Waals surface area contributed by atoms with Gasteiger partial charge in [0.15, 0.2) is 0 Å². The van der Waals surface area contributed by atoms with E-state index in [0.29, 0.717) is 6.42 Å². The highest BCUT2D eigenvalue weighted by Gasteiger charge is 2.17. The number of aromatic nitrogens is 1. The van der Waals surface area contributed by atoms with Crippen LogP contribution in [0.15, 0.2) is 24.3 Å². The SMILES string of the molecule is Cc1ccc(-c2nc(C)c(C(C)NC(=O)CC(C)N)s2)cc1.Cl. The molecule has 0 radical (unpaired) electrons. The summed E-state index contributed by atoms with van der Waals surface area (Å²) in [5.74, 6) is -0.0211. The minimum atomic E-state index is -0.127. The van der Waals surface area contributed by atoms with Gasteiger partial charge in [0.25, 0.3) is 0 Å². The molecule has 4 nitrogen and oxygen atoms in total. The zero-order chi connectivity index (χ0) is 16.3. The van der Waals surface area contributed by atoms with E-state index >= 15 is 0 Å². The minimum absolute atomic E-state index is 0. The van der Waals surface area contributed by atoms with Gasteiger partial charge in [-0.15, -0.1) is 23.7 Å². The molecule has 2 rings (SSSR count). The van der Waals surface area contributed by atoms with Crippen molar-refractivity contribution in [3.8, 4) is 10.6 Å². The normalized spacial score (nSPS) is 13.1. The van der Waals surface area contributed by atoms with Gasteiger partial charge in [-0.25, -0.2) is 4.98 Å². The first kappa shape index (κ1) is 19.6. The van der Waals surface area contributed by atoms with Crippen molar-refractivity contribution in [2.24, 2.45) is 5.73 Å². The third kappa shape index (κ3) is 5.30. The van der Waals surface area contributed by atoms with E-state index < -0.39 is 0 Å². The number of benzene rings is 1. The molecular formula is C17H24ClN3OS. The van der Waals surface area contributed by atoms with Crippen molar-refractivity contribution in [2.45, 2.75) is 46.2 Å². The molecule has 2 aromatic rings. The Morgan fingerprint density at radius 2 is 1.87 bits per heavy atom. The molecule has 1 aromatic heterocycles. The van der Waals surface area contributed by atoms with Crippen LogP contribution in [0, 0.1) is 13.8 Å². The molecule has 0 aliphatic carbocycles. The fourth-order valence-corrected chi connectivity index (χ4v) is 3.36. The molecule has 3 N–H and O–H groups in total. The zero-order valence-electron chi connectivity index (χ0n) is 13.9. The monoisotopic (exact) mass is 353 g/mol. The number of aryl methyl sites for hydroxylation is 2. The van der Waals surface area contributed by atoms with Crippen molar-refractivity contribution in [1.82, 2.24) is 10.3 Å². The first-order chi connectivity index (χ1) is 10.4. The topological polar surface area (TPSA) is 68.0 Å². The number of amides is 1. The van der Waals surface area contributed by atoms with Crippen molar-refractivity contribution in [3.05, 3.63) is 40.4 Å². The minimum Gasteiger partial charge on any atom is -0.349 e. The van der Waals surface area contributed by atoms with E-state index in [-0.39, 0.29) is 30.4 Å². The molecule has 0 spiro atoms. The standard InChI is InChI=1S/C17H23N3OS.ClH/c1-10-5-7-14(8-6-10)17-20-13(4)16(22-17)12(3)19-15(21)9-11(2)18;/h5-8,11-12H,9,18H2,1-4H3,(H,19,21);1H. The maximum atomic E-state index is 11.9. The number of thiazole rings is 1. The summed E-state index contributed by atoms with van der Waals surface area (Å²) in [5.41, 5.74) is 8.97. The van der Waals surface area contributed by atoms with Crippen LogP contribution in [0.3, 0.4) is 0 Å². The summed E-state index contributed by atoms with van der Waals surface area (Å²) in [6.07, 6.45) is 0.340. The van der Waals surface area contributed by atoms with Gasteiger partial charge in [-0.3, -0.25) is 4.79 Å². The second kappa shape index (κ2) is 8.43. The van der Waals surface area contributed by atoms with Crippen molar-refractivity contribution in [1.29, 1.82) is 0 Å². The molecule has 0 fully saturated rings. The number of rotatable bonds is 5. The van der Waals surface area contributed by atoms with Crippen LogP contribution in [-0.4, -0.2) is 16.9 Å². The van der Waals surface area contributed by atoms with E-state index in [9.17, 15) is 4.79 Å². The summed E-state index contributed by atoms with van der Waals surface area (Å²) in [5, 5.41) is 3.98. The van der Waals surface area contributed by atoms with Gasteiger partial charge < -0.3 is 11.1 Å². The number of carbonyl (C=O) groups is 1. The summed E-state index contributed by atoms with van der Waals surface area (Å²) in [4.78, 5) is 17.6. The molecular weight excluding hydrogens is 330 g/mol. The fraction of sp³-hybridized carbons (Fsp3) is 0.412. The predicted octanol–water partition coefficient (Wildman–Crippen LogP) is 3.76. The lowest BCUT2D eigenvalue weighted by molar-refractivity contribution is -0.121. The van der Waals surface area contributed by atoms with Crippen molar-refractivity contribution in [3.63, 3.8) is 0 Å². The Morgan fingerprint density at radius 3 is 2.43 bits per heavy atom. The molecule has 0 aliphatic rings. The Kier molecular flexibility index (Phi) is 7.19. The number of carbonyl (C=O) groups excluding carboxylic acids is 1. The van der Waals surface area contributed by atoms with Crippen LogP contribution in [0.25, 0.3) is 10.6 Å². The number of nitrogens with one attached hydrogen (secondary N) is 1. The molecule has 0 saturated heterocycles. The summed E-state index contributed by atoms with van der Waals surface area (Å²) >= 11 is 1.63. The van der Waals surface area contributed by atoms with Gasteiger partial charge in [-0.2, -0.15) is 0 Å². The third-order valence-electron chi connectivity index (χ3n) is 3.41. The average Bonchev–Trinajstić information content (AvgIpc) is 2.80. The largest absolute Gasteiger partial charge is 0.349 e. The quantitative estimate of drug-likeness (QED) is 0.859. The highest BCUT2D eigenvalue weighted by molar-refractivity contribution is 7.15. The summed E-state index contributed by atoms with van der Waals surface area (Å²) in [6.45, 7) is 7.87. The second-order valence-electron chi connectivity index (χ2n) is 5.81. The average molecular weight is 354 g/mol. The number of halogens is 1. The molecule has 1 heterocycles. The molecule has 2 unspecified atom stereocenters. The lowest BCUT2D eigenvalue weighted by Gasteiger charge is -2.13. The molecule has 0 aliphatic heterocycles. The van der Waals surface area contributed by atoms with Crippen molar-refractivity contribution in [2.75, 3.05) is 0 Å². The summed E-state index contributed by atoms with van der Waals surface area (Å²) in [6, 6.07) is 8.15. The smallest absolute Gasteiger partial charge is 0.222 e. The van der Waals surface area contributed by atoms with Gasteiger partial charge >= 0.3 is 0 Å². The van der Waals surface area contributed by atoms with Gasteiger partial charge in [0, 0.05) is 18.0 Å². The van der Waals surface area contributed by atoms with Crippen LogP contribution in [0.1, 0.15) is 42.4 Å². The molecule has 6 heteroatoms. The van der Waals surface area contributed by atoms with Crippen LogP contribution >= 0.6 is 23.7 Å². The molecule has 0 saturated carbocycles. The lowest BCUT2D eigenvalue weighted by Crippen LogP contribution is -2.31. The molecule has 1 aromatic carbocycles. The lowest BCUT2D eigenvalue weighted by atomic mass is 10.1. The molecule has 0 bridgehead atoms. The van der Waals surface area contributed by atoms with Crippen LogP contribution in [-0.2, 0) is 4.79 Å². The third-order valence-corrected chi connectivity index (χ3v) is 4.80. The van der Waals surface area contributed by atoms with E-state index in [1.54, 1.807) is 11.3 Å². The molecule has 126 valence electrons. The Morgan fingerprint density at radius 1 is 1.26 bits per heavy atom.